The van der Waals surface area contributed by atoms with Crippen molar-refractivity contribution in [3.63, 3.8) is 0 Å². The van der Waals surface area contributed by atoms with Crippen LogP contribution in [0.2, 0.25) is 0 Å². The van der Waals surface area contributed by atoms with Gasteiger partial charge in [-0.15, -0.1) is 24.0 Å². The molecule has 0 bridgehead atoms. The minimum Gasteiger partial charge on any atom is -0.393 e. The van der Waals surface area contributed by atoms with Gasteiger partial charge in [-0.05, 0) is 81.0 Å². The van der Waals surface area contributed by atoms with Gasteiger partial charge in [0.05, 0.1) is 18.2 Å². The Kier molecular flexibility index (Phi) is 6.21. The third-order valence-electron chi connectivity index (χ3n) is 10.00. The smallest absolute Gasteiger partial charge is 0.212 e. The summed E-state index contributed by atoms with van der Waals surface area (Å²) in [6, 6.07) is 0. The number of nitrogens with one attached hydrogen (secondary N) is 2. The Morgan fingerprint density at radius 2 is 1.93 bits per heavy atom. The fourth-order valence-electron chi connectivity index (χ4n) is 8.14. The largest absolute Gasteiger partial charge is 0.393 e. The van der Waals surface area contributed by atoms with Gasteiger partial charge in [0.25, 0.3) is 0 Å². The maximum absolute atomic E-state index is 12.1. The van der Waals surface area contributed by atoms with Crippen molar-refractivity contribution in [2.24, 2.45) is 44.6 Å². The van der Waals surface area contributed by atoms with Crippen LogP contribution in [0.3, 0.4) is 0 Å². The highest BCUT2D eigenvalue weighted by Crippen LogP contribution is 2.68. The first kappa shape index (κ1) is 22.8. The van der Waals surface area contributed by atoms with Gasteiger partial charge in [0.2, 0.25) is 5.96 Å². The summed E-state index contributed by atoms with van der Waals surface area (Å²) >= 11 is 0. The minimum absolute atomic E-state index is 0. The van der Waals surface area contributed by atoms with E-state index in [1.54, 1.807) is 0 Å². The summed E-state index contributed by atoms with van der Waals surface area (Å²) in [5, 5.41) is 30.0. The normalized spacial score (nSPS) is 50.0. The van der Waals surface area contributed by atoms with E-state index in [2.05, 4.69) is 34.7 Å². The highest BCUT2D eigenvalue weighted by atomic mass is 127. The summed E-state index contributed by atoms with van der Waals surface area (Å²) in [5.74, 6) is 2.68. The van der Waals surface area contributed by atoms with Gasteiger partial charge in [0, 0.05) is 24.1 Å². The SMILES string of the molecule is C[C@]12CC[C@H](O)C[C@H]1CC[C@@H]1[C@@H]2CC[C@]2(C)[C@@H](/C=N/NC3=NCCN3)CC[C@]12O.I. The van der Waals surface area contributed by atoms with Crippen molar-refractivity contribution >= 4 is 36.2 Å². The lowest BCUT2D eigenvalue weighted by molar-refractivity contribution is -0.206. The summed E-state index contributed by atoms with van der Waals surface area (Å²) in [4.78, 5) is 4.33. The molecular formula is C23H39IN4O2. The summed E-state index contributed by atoms with van der Waals surface area (Å²) in [5.41, 5.74) is 2.65. The summed E-state index contributed by atoms with van der Waals surface area (Å²) < 4.78 is 0. The van der Waals surface area contributed by atoms with Crippen LogP contribution in [-0.2, 0) is 0 Å². The second-order valence-electron chi connectivity index (χ2n) is 11.0. The highest BCUT2D eigenvalue weighted by Gasteiger charge is 2.66. The van der Waals surface area contributed by atoms with E-state index in [0.717, 1.165) is 64.0 Å². The maximum atomic E-state index is 12.1. The third-order valence-corrected chi connectivity index (χ3v) is 10.00. The number of aliphatic hydroxyl groups excluding tert-OH is 1. The molecule has 7 heteroatoms. The van der Waals surface area contributed by atoms with Gasteiger partial charge in [0.15, 0.2) is 0 Å². The highest BCUT2D eigenvalue weighted by molar-refractivity contribution is 14.0. The Balaban J connectivity index is 0.00000218. The fourth-order valence-corrected chi connectivity index (χ4v) is 8.14. The van der Waals surface area contributed by atoms with Crippen LogP contribution in [0.5, 0.6) is 0 Å². The number of rotatable bonds is 2. The predicted octanol–water partition coefficient (Wildman–Crippen LogP) is 3.27. The summed E-state index contributed by atoms with van der Waals surface area (Å²) in [6.07, 6.45) is 11.4. The topological polar surface area (TPSA) is 89.2 Å². The van der Waals surface area contributed by atoms with Crippen LogP contribution in [0.1, 0.15) is 71.6 Å². The number of hydrazone groups is 1. The van der Waals surface area contributed by atoms with Gasteiger partial charge < -0.3 is 15.5 Å². The van der Waals surface area contributed by atoms with Gasteiger partial charge in [-0.25, -0.2) is 10.4 Å². The van der Waals surface area contributed by atoms with E-state index in [1.807, 2.05) is 6.21 Å². The summed E-state index contributed by atoms with van der Waals surface area (Å²) in [7, 11) is 0. The molecule has 0 aromatic rings. The molecule has 30 heavy (non-hydrogen) atoms. The van der Waals surface area contributed by atoms with E-state index >= 15 is 0 Å². The Bertz CT molecular complexity index is 717. The number of fused-ring (bicyclic) bond motifs is 5. The summed E-state index contributed by atoms with van der Waals surface area (Å²) in [6.45, 7) is 6.47. The van der Waals surface area contributed by atoms with E-state index in [4.69, 9.17) is 0 Å². The number of guanidine groups is 1. The van der Waals surface area contributed by atoms with Crippen LogP contribution in [0, 0.1) is 34.5 Å². The second kappa shape index (κ2) is 8.18. The monoisotopic (exact) mass is 530 g/mol. The molecule has 4 aliphatic carbocycles. The Morgan fingerprint density at radius 1 is 1.10 bits per heavy atom. The van der Waals surface area contributed by atoms with Crippen LogP contribution in [0.4, 0.5) is 0 Å². The Morgan fingerprint density at radius 3 is 2.70 bits per heavy atom. The molecule has 0 radical (unpaired) electrons. The number of hydrogen-bond donors (Lipinski definition) is 4. The molecule has 1 heterocycles. The van der Waals surface area contributed by atoms with Crippen molar-refractivity contribution < 1.29 is 10.2 Å². The number of aliphatic hydroxyl groups is 2. The fraction of sp³-hybridized carbons (Fsp3) is 0.913. The molecule has 4 fully saturated rings. The van der Waals surface area contributed by atoms with Crippen molar-refractivity contribution in [1.29, 1.82) is 0 Å². The lowest BCUT2D eigenvalue weighted by atomic mass is 9.43. The minimum atomic E-state index is -0.584. The first-order valence-corrected chi connectivity index (χ1v) is 11.8. The van der Waals surface area contributed by atoms with Gasteiger partial charge in [-0.1, -0.05) is 13.8 Å². The molecule has 5 rings (SSSR count). The molecule has 0 saturated heterocycles. The molecule has 0 amide bonds. The number of halogens is 1. The maximum Gasteiger partial charge on any atom is 0.212 e. The van der Waals surface area contributed by atoms with Gasteiger partial charge >= 0.3 is 0 Å². The molecule has 0 unspecified atom stereocenters. The number of aliphatic imine (C=N–C) groups is 1. The molecule has 0 aromatic carbocycles. The van der Waals surface area contributed by atoms with E-state index in [-0.39, 0.29) is 35.5 Å². The van der Waals surface area contributed by atoms with E-state index in [0.29, 0.717) is 29.1 Å². The van der Waals surface area contributed by atoms with Crippen LogP contribution in [0.15, 0.2) is 10.1 Å². The average Bonchev–Trinajstić information content (AvgIpc) is 3.30. The Hall–Kier alpha value is -0.410. The predicted molar refractivity (Wildman–Crippen MR) is 130 cm³/mol. The average molecular weight is 530 g/mol. The van der Waals surface area contributed by atoms with Crippen molar-refractivity contribution in [2.75, 3.05) is 13.1 Å². The lowest BCUT2D eigenvalue weighted by Gasteiger charge is -2.63. The van der Waals surface area contributed by atoms with Gasteiger partial charge in [0.1, 0.15) is 0 Å². The molecule has 5 aliphatic rings. The third kappa shape index (κ3) is 3.33. The second-order valence-corrected chi connectivity index (χ2v) is 11.0. The molecule has 6 nitrogen and oxygen atoms in total. The quantitative estimate of drug-likeness (QED) is 0.251. The first-order chi connectivity index (χ1) is 13.9. The van der Waals surface area contributed by atoms with Crippen molar-refractivity contribution in [3.8, 4) is 0 Å². The zero-order valence-electron chi connectivity index (χ0n) is 18.4. The molecule has 0 aromatic heterocycles. The van der Waals surface area contributed by atoms with E-state index in [1.165, 1.54) is 12.8 Å². The molecule has 1 aliphatic heterocycles. The van der Waals surface area contributed by atoms with Crippen LogP contribution in [0.25, 0.3) is 0 Å². The van der Waals surface area contributed by atoms with E-state index < -0.39 is 5.60 Å². The molecular weight excluding hydrogens is 491 g/mol. The first-order valence-electron chi connectivity index (χ1n) is 11.8. The van der Waals surface area contributed by atoms with Crippen molar-refractivity contribution in [3.05, 3.63) is 0 Å². The zero-order chi connectivity index (χ0) is 20.3. The van der Waals surface area contributed by atoms with Crippen LogP contribution in [-0.4, -0.2) is 47.2 Å². The van der Waals surface area contributed by atoms with E-state index in [9.17, 15) is 10.2 Å². The van der Waals surface area contributed by atoms with Gasteiger partial charge in [-0.2, -0.15) is 5.10 Å². The molecule has 8 atom stereocenters. The van der Waals surface area contributed by atoms with Gasteiger partial charge in [-0.3, -0.25) is 0 Å². The Labute approximate surface area is 197 Å². The van der Waals surface area contributed by atoms with Crippen molar-refractivity contribution in [2.45, 2.75) is 83.3 Å². The lowest BCUT2D eigenvalue weighted by Crippen LogP contribution is -2.62. The molecule has 4 N–H and O–H groups in total. The van der Waals surface area contributed by atoms with Crippen LogP contribution >= 0.6 is 24.0 Å². The number of nitrogens with zero attached hydrogens (tertiary/aromatic N) is 2. The molecule has 4 saturated carbocycles. The standard InChI is InChI=1S/C23H38N4O2.HI/c1-21-8-6-17(28)13-15(21)3-4-19-18(21)7-9-22(2)16(5-10-23(19,22)29)14-26-27-20-24-11-12-25-20;/h14-19,28-29H,3-13H2,1-2H3,(H2,24,25,27);1H/b26-14+;/t15-,16-,17+,18+,19-,21+,22-,23+;/m1./s1. The van der Waals surface area contributed by atoms with Crippen molar-refractivity contribution in [1.82, 2.24) is 10.7 Å². The molecule has 0 spiro atoms. The zero-order valence-corrected chi connectivity index (χ0v) is 20.8. The molecule has 170 valence electrons. The number of hydrogen-bond acceptors (Lipinski definition) is 6. The van der Waals surface area contributed by atoms with Crippen LogP contribution < -0.4 is 10.7 Å².